The van der Waals surface area contributed by atoms with Crippen LogP contribution in [0.2, 0.25) is 0 Å². The lowest BCUT2D eigenvalue weighted by Crippen LogP contribution is -2.14. The molecule has 4 nitrogen and oxygen atoms in total. The molecule has 0 aliphatic carbocycles. The molecule has 2 rings (SSSR count). The Morgan fingerprint density at radius 2 is 2.17 bits per heavy atom. The van der Waals surface area contributed by atoms with E-state index in [-0.39, 0.29) is 11.7 Å². The Bertz CT molecular complexity index is 599. The number of anilines is 1. The summed E-state index contributed by atoms with van der Waals surface area (Å²) >= 11 is 3.28. The molecule has 0 aliphatic heterocycles. The lowest BCUT2D eigenvalue weighted by atomic mass is 10.2. The number of pyridine rings is 1. The van der Waals surface area contributed by atoms with E-state index in [4.69, 9.17) is 0 Å². The van der Waals surface area contributed by atoms with E-state index in [2.05, 4.69) is 26.2 Å². The van der Waals surface area contributed by atoms with Crippen LogP contribution in [0.15, 0.2) is 41.0 Å². The van der Waals surface area contributed by atoms with Crippen LogP contribution in [0.25, 0.3) is 0 Å². The quantitative estimate of drug-likeness (QED) is 0.838. The van der Waals surface area contributed by atoms with Crippen LogP contribution in [0.1, 0.15) is 16.1 Å². The molecule has 5 heteroatoms. The Labute approximate surface area is 113 Å². The van der Waals surface area contributed by atoms with Crippen molar-refractivity contribution in [2.75, 3.05) is 5.32 Å². The van der Waals surface area contributed by atoms with Gasteiger partial charge in [-0.1, -0.05) is 0 Å². The number of carbonyl (C=O) groups is 1. The van der Waals surface area contributed by atoms with Crippen molar-refractivity contribution < 1.29 is 9.90 Å². The largest absolute Gasteiger partial charge is 0.508 e. The van der Waals surface area contributed by atoms with E-state index in [0.29, 0.717) is 15.9 Å². The number of nitrogens with one attached hydrogen (secondary N) is 1. The van der Waals surface area contributed by atoms with Gasteiger partial charge in [-0.15, -0.1) is 0 Å². The Morgan fingerprint density at radius 3 is 2.83 bits per heavy atom. The number of phenolic OH excluding ortho intramolecular Hbond substituents is 1. The number of rotatable bonds is 2. The van der Waals surface area contributed by atoms with Gasteiger partial charge in [0.1, 0.15) is 11.4 Å². The Balaban J connectivity index is 2.24. The third-order valence-corrected chi connectivity index (χ3v) is 3.07. The van der Waals surface area contributed by atoms with Gasteiger partial charge in [-0.05, 0) is 58.7 Å². The van der Waals surface area contributed by atoms with Crippen molar-refractivity contribution in [3.8, 4) is 5.75 Å². The van der Waals surface area contributed by atoms with Crippen molar-refractivity contribution in [2.24, 2.45) is 0 Å². The number of hydrogen-bond acceptors (Lipinski definition) is 3. The molecular formula is C13H11BrN2O2. The van der Waals surface area contributed by atoms with E-state index in [9.17, 15) is 9.90 Å². The molecule has 18 heavy (non-hydrogen) atoms. The molecule has 92 valence electrons. The molecule has 0 saturated carbocycles. The van der Waals surface area contributed by atoms with Gasteiger partial charge in [-0.25, -0.2) is 4.98 Å². The summed E-state index contributed by atoms with van der Waals surface area (Å²) in [6, 6.07) is 8.26. The first-order valence-corrected chi connectivity index (χ1v) is 6.08. The van der Waals surface area contributed by atoms with Crippen LogP contribution in [0, 0.1) is 6.92 Å². The molecule has 0 bridgehead atoms. The fourth-order valence-electron chi connectivity index (χ4n) is 1.52. The standard InChI is InChI=1S/C13H11BrN2O2/c1-8-7-9(17)4-5-11(8)16-13(18)12-10(14)3-2-6-15-12/h2-7,17H,1H3,(H,16,18). The van der Waals surface area contributed by atoms with Gasteiger partial charge < -0.3 is 10.4 Å². The van der Waals surface area contributed by atoms with E-state index < -0.39 is 0 Å². The molecule has 1 amide bonds. The Morgan fingerprint density at radius 1 is 1.39 bits per heavy atom. The summed E-state index contributed by atoms with van der Waals surface area (Å²) in [6.45, 7) is 1.81. The molecule has 0 radical (unpaired) electrons. The van der Waals surface area contributed by atoms with Gasteiger partial charge in [0.05, 0.1) is 0 Å². The fraction of sp³-hybridized carbons (Fsp3) is 0.0769. The number of aryl methyl sites for hydroxylation is 1. The number of aromatic nitrogens is 1. The molecule has 1 aromatic heterocycles. The van der Waals surface area contributed by atoms with E-state index in [0.717, 1.165) is 5.56 Å². The molecule has 0 atom stereocenters. The molecule has 0 spiro atoms. The SMILES string of the molecule is Cc1cc(O)ccc1NC(=O)c1ncccc1Br. The molecule has 1 aromatic carbocycles. The summed E-state index contributed by atoms with van der Waals surface area (Å²) in [5, 5.41) is 12.1. The third-order valence-electron chi connectivity index (χ3n) is 2.43. The van der Waals surface area contributed by atoms with Crippen LogP contribution in [0.3, 0.4) is 0 Å². The van der Waals surface area contributed by atoms with Crippen LogP contribution < -0.4 is 5.32 Å². The maximum Gasteiger partial charge on any atom is 0.275 e. The predicted octanol–water partition coefficient (Wildman–Crippen LogP) is 3.11. The number of benzene rings is 1. The van der Waals surface area contributed by atoms with Crippen molar-refractivity contribution >= 4 is 27.5 Å². The average Bonchev–Trinajstić information content (AvgIpc) is 2.33. The zero-order valence-electron chi connectivity index (χ0n) is 9.64. The second kappa shape index (κ2) is 5.18. The normalized spacial score (nSPS) is 10.1. The lowest BCUT2D eigenvalue weighted by Gasteiger charge is -2.09. The van der Waals surface area contributed by atoms with Crippen molar-refractivity contribution in [1.29, 1.82) is 0 Å². The van der Waals surface area contributed by atoms with Crippen LogP contribution in [-0.4, -0.2) is 16.0 Å². The molecular weight excluding hydrogens is 296 g/mol. The molecule has 2 aromatic rings. The predicted molar refractivity (Wildman–Crippen MR) is 72.7 cm³/mol. The maximum absolute atomic E-state index is 12.0. The van der Waals surface area contributed by atoms with Crippen molar-refractivity contribution in [1.82, 2.24) is 4.98 Å². The van der Waals surface area contributed by atoms with Gasteiger partial charge in [-0.3, -0.25) is 4.79 Å². The topological polar surface area (TPSA) is 62.2 Å². The molecule has 2 N–H and O–H groups in total. The van der Waals surface area contributed by atoms with Crippen molar-refractivity contribution in [3.63, 3.8) is 0 Å². The van der Waals surface area contributed by atoms with E-state index in [1.54, 1.807) is 30.5 Å². The highest BCUT2D eigenvalue weighted by atomic mass is 79.9. The van der Waals surface area contributed by atoms with Gasteiger partial charge in [0.25, 0.3) is 5.91 Å². The van der Waals surface area contributed by atoms with Gasteiger partial charge >= 0.3 is 0 Å². The lowest BCUT2D eigenvalue weighted by molar-refractivity contribution is 0.102. The van der Waals surface area contributed by atoms with Crippen molar-refractivity contribution in [3.05, 3.63) is 52.3 Å². The number of phenols is 1. The third kappa shape index (κ3) is 2.68. The van der Waals surface area contributed by atoms with Crippen LogP contribution >= 0.6 is 15.9 Å². The van der Waals surface area contributed by atoms with Crippen LogP contribution in [0.5, 0.6) is 5.75 Å². The van der Waals surface area contributed by atoms with Gasteiger partial charge in [-0.2, -0.15) is 0 Å². The monoisotopic (exact) mass is 306 g/mol. The number of hydrogen-bond donors (Lipinski definition) is 2. The summed E-state index contributed by atoms with van der Waals surface area (Å²) in [6.07, 6.45) is 1.56. The van der Waals surface area contributed by atoms with Gasteiger partial charge in [0.2, 0.25) is 0 Å². The van der Waals surface area contributed by atoms with Crippen LogP contribution in [-0.2, 0) is 0 Å². The number of halogens is 1. The first-order valence-electron chi connectivity index (χ1n) is 5.29. The van der Waals surface area contributed by atoms with E-state index >= 15 is 0 Å². The summed E-state index contributed by atoms with van der Waals surface area (Å²) in [7, 11) is 0. The Hall–Kier alpha value is -1.88. The minimum Gasteiger partial charge on any atom is -0.508 e. The highest BCUT2D eigenvalue weighted by Gasteiger charge is 2.12. The second-order valence-corrected chi connectivity index (χ2v) is 4.64. The number of nitrogens with zero attached hydrogens (tertiary/aromatic N) is 1. The average molecular weight is 307 g/mol. The minimum atomic E-state index is -0.295. The van der Waals surface area contributed by atoms with Crippen molar-refractivity contribution in [2.45, 2.75) is 6.92 Å². The second-order valence-electron chi connectivity index (χ2n) is 3.79. The Kier molecular flexibility index (Phi) is 3.62. The molecule has 0 unspecified atom stereocenters. The molecule has 1 heterocycles. The summed E-state index contributed by atoms with van der Waals surface area (Å²) in [5.74, 6) is -0.124. The van der Waals surface area contributed by atoms with E-state index in [1.807, 2.05) is 6.92 Å². The van der Waals surface area contributed by atoms with Crippen LogP contribution in [0.4, 0.5) is 5.69 Å². The number of aromatic hydroxyl groups is 1. The molecule has 0 saturated heterocycles. The summed E-state index contributed by atoms with van der Waals surface area (Å²) in [4.78, 5) is 16.0. The summed E-state index contributed by atoms with van der Waals surface area (Å²) in [5.41, 5.74) is 1.76. The zero-order valence-corrected chi connectivity index (χ0v) is 11.2. The first-order chi connectivity index (χ1) is 8.58. The molecule has 0 aliphatic rings. The maximum atomic E-state index is 12.0. The summed E-state index contributed by atoms with van der Waals surface area (Å²) < 4.78 is 0.638. The molecule has 0 fully saturated rings. The first kappa shape index (κ1) is 12.6. The fourth-order valence-corrected chi connectivity index (χ4v) is 1.96. The zero-order chi connectivity index (χ0) is 13.1. The highest BCUT2D eigenvalue weighted by molar-refractivity contribution is 9.10. The van der Waals surface area contributed by atoms with E-state index in [1.165, 1.54) is 6.07 Å². The van der Waals surface area contributed by atoms with Gasteiger partial charge in [0, 0.05) is 16.4 Å². The smallest absolute Gasteiger partial charge is 0.275 e. The number of amides is 1. The highest BCUT2D eigenvalue weighted by Crippen LogP contribution is 2.21. The minimum absolute atomic E-state index is 0.171. The van der Waals surface area contributed by atoms with Gasteiger partial charge in [0.15, 0.2) is 0 Å². The number of carbonyl (C=O) groups excluding carboxylic acids is 1.